The molecule has 1 aliphatic heterocycles. The predicted octanol–water partition coefficient (Wildman–Crippen LogP) is -0.403. The van der Waals surface area contributed by atoms with Crippen molar-refractivity contribution in [2.75, 3.05) is 44.2 Å². The molecule has 2 aromatic carbocycles. The van der Waals surface area contributed by atoms with Gasteiger partial charge in [-0.3, -0.25) is 14.4 Å². The summed E-state index contributed by atoms with van der Waals surface area (Å²) >= 11 is 0. The van der Waals surface area contributed by atoms with Gasteiger partial charge in [0.15, 0.2) is 5.84 Å². The second kappa shape index (κ2) is 13.6. The number of nitrogens with two attached hydrogens (primary N) is 1. The molecule has 1 unspecified atom stereocenters. The molecule has 2 amide bonds. The number of amidine groups is 1. The fraction of sp³-hybridized carbons (Fsp3) is 0.360. The number of benzene rings is 2. The summed E-state index contributed by atoms with van der Waals surface area (Å²) < 4.78 is 32.5. The lowest BCUT2D eigenvalue weighted by Gasteiger charge is -2.35. The molecular formula is C25H32N6O7S. The van der Waals surface area contributed by atoms with Crippen molar-refractivity contribution < 1.29 is 32.7 Å². The number of anilines is 1. The van der Waals surface area contributed by atoms with Crippen molar-refractivity contribution in [1.29, 1.82) is 0 Å². The molecule has 0 radical (unpaired) electrons. The van der Waals surface area contributed by atoms with Gasteiger partial charge in [0.2, 0.25) is 21.8 Å². The van der Waals surface area contributed by atoms with E-state index in [4.69, 9.17) is 15.7 Å². The van der Waals surface area contributed by atoms with Crippen LogP contribution >= 0.6 is 0 Å². The number of amides is 2. The number of piperazine rings is 1. The van der Waals surface area contributed by atoms with Crippen LogP contribution in [-0.4, -0.2) is 87.5 Å². The van der Waals surface area contributed by atoms with Crippen molar-refractivity contribution in [3.63, 3.8) is 0 Å². The van der Waals surface area contributed by atoms with E-state index in [2.05, 4.69) is 15.2 Å². The first kappa shape index (κ1) is 29.4. The van der Waals surface area contributed by atoms with E-state index >= 15 is 0 Å². The molecule has 1 heterocycles. The van der Waals surface area contributed by atoms with Crippen molar-refractivity contribution in [3.05, 3.63) is 65.7 Å². The smallest absolute Gasteiger partial charge is 0.325 e. The molecule has 0 aromatic heterocycles. The monoisotopic (exact) mass is 560 g/mol. The van der Waals surface area contributed by atoms with E-state index in [1.54, 1.807) is 61.5 Å². The zero-order chi connectivity index (χ0) is 28.4. The highest BCUT2D eigenvalue weighted by Crippen LogP contribution is 2.18. The van der Waals surface area contributed by atoms with Crippen molar-refractivity contribution >= 4 is 39.3 Å². The van der Waals surface area contributed by atoms with Crippen molar-refractivity contribution in [2.24, 2.45) is 10.9 Å². The van der Waals surface area contributed by atoms with Gasteiger partial charge in [-0.05, 0) is 36.8 Å². The van der Waals surface area contributed by atoms with Gasteiger partial charge in [-0.15, -0.1) is 0 Å². The van der Waals surface area contributed by atoms with E-state index < -0.39 is 27.9 Å². The van der Waals surface area contributed by atoms with Crippen LogP contribution in [0.3, 0.4) is 0 Å². The number of esters is 1. The van der Waals surface area contributed by atoms with E-state index in [9.17, 15) is 22.8 Å². The first-order chi connectivity index (χ1) is 18.6. The van der Waals surface area contributed by atoms with E-state index in [1.165, 1.54) is 4.90 Å². The van der Waals surface area contributed by atoms with Crippen LogP contribution in [0.5, 0.6) is 0 Å². The number of ether oxygens (including phenoxy) is 1. The Bertz CT molecular complexity index is 1290. The number of sulfonamides is 1. The van der Waals surface area contributed by atoms with E-state index in [-0.39, 0.29) is 50.3 Å². The molecule has 210 valence electrons. The highest BCUT2D eigenvalue weighted by molar-refractivity contribution is 7.88. The van der Waals surface area contributed by atoms with Crippen LogP contribution < -0.4 is 20.7 Å². The summed E-state index contributed by atoms with van der Waals surface area (Å²) in [5.41, 5.74) is 7.41. The highest BCUT2D eigenvalue weighted by atomic mass is 32.2. The fourth-order valence-electron chi connectivity index (χ4n) is 3.91. The van der Waals surface area contributed by atoms with E-state index in [1.807, 2.05) is 4.90 Å². The summed E-state index contributed by atoms with van der Waals surface area (Å²) in [7, 11) is -3.92. The van der Waals surface area contributed by atoms with Gasteiger partial charge in [0, 0.05) is 30.9 Å². The second-order valence-corrected chi connectivity index (χ2v) is 10.5. The molecule has 14 heteroatoms. The lowest BCUT2D eigenvalue weighted by molar-refractivity contribution is -0.145. The Labute approximate surface area is 226 Å². The molecule has 2 aromatic rings. The lowest BCUT2D eigenvalue weighted by atomic mass is 10.1. The molecule has 1 aliphatic rings. The van der Waals surface area contributed by atoms with Crippen LogP contribution in [-0.2, 0) is 34.9 Å². The molecule has 13 nitrogen and oxygen atoms in total. The molecule has 0 aliphatic carbocycles. The van der Waals surface area contributed by atoms with Crippen LogP contribution in [0.2, 0.25) is 0 Å². The van der Waals surface area contributed by atoms with Gasteiger partial charge in [0.1, 0.15) is 6.04 Å². The Morgan fingerprint density at radius 1 is 1.13 bits per heavy atom. The van der Waals surface area contributed by atoms with Crippen molar-refractivity contribution in [2.45, 2.75) is 18.7 Å². The SMILES string of the molecule is CCOC(=O)C(CNC(=O)CN1CCN(c2ccc(/C(N)=N\O)cc2)CC1=O)NS(=O)(=O)Cc1ccccc1. The number of oxime groups is 1. The van der Waals surface area contributed by atoms with Gasteiger partial charge in [0.25, 0.3) is 0 Å². The third-order valence-corrected chi connectivity index (χ3v) is 7.24. The van der Waals surface area contributed by atoms with Crippen molar-refractivity contribution in [3.8, 4) is 0 Å². The third kappa shape index (κ3) is 8.68. The number of hydrogen-bond donors (Lipinski definition) is 4. The minimum atomic E-state index is -3.92. The average molecular weight is 561 g/mol. The van der Waals surface area contributed by atoms with Gasteiger partial charge in [-0.1, -0.05) is 35.5 Å². The molecule has 0 saturated carbocycles. The first-order valence-corrected chi connectivity index (χ1v) is 13.8. The molecule has 39 heavy (non-hydrogen) atoms. The zero-order valence-electron chi connectivity index (χ0n) is 21.4. The Hall–Kier alpha value is -4.17. The number of nitrogens with one attached hydrogen (secondary N) is 2. The third-order valence-electron chi connectivity index (χ3n) is 5.88. The van der Waals surface area contributed by atoms with Crippen LogP contribution in [0.25, 0.3) is 0 Å². The van der Waals surface area contributed by atoms with Gasteiger partial charge >= 0.3 is 5.97 Å². The largest absolute Gasteiger partial charge is 0.465 e. The number of rotatable bonds is 12. The number of nitrogens with zero attached hydrogens (tertiary/aromatic N) is 3. The Morgan fingerprint density at radius 2 is 1.82 bits per heavy atom. The molecule has 0 bridgehead atoms. The molecule has 3 rings (SSSR count). The van der Waals surface area contributed by atoms with Crippen LogP contribution in [0.15, 0.2) is 59.8 Å². The van der Waals surface area contributed by atoms with Gasteiger partial charge in [-0.25, -0.2) is 8.42 Å². The van der Waals surface area contributed by atoms with Crippen molar-refractivity contribution in [1.82, 2.24) is 14.9 Å². The second-order valence-electron chi connectivity index (χ2n) is 8.74. The minimum absolute atomic E-state index is 0.0253. The highest BCUT2D eigenvalue weighted by Gasteiger charge is 2.29. The summed E-state index contributed by atoms with van der Waals surface area (Å²) in [4.78, 5) is 40.9. The Balaban J connectivity index is 1.53. The standard InChI is InChI=1S/C25H32N6O7S/c1-2-38-25(34)21(29-39(36,37)17-18-6-4-3-5-7-18)14-27-22(32)15-31-13-12-30(16-23(31)33)20-10-8-19(9-11-20)24(26)28-35/h3-11,21,29,35H,2,12-17H2,1H3,(H2,26,28)(H,27,32). The molecular weight excluding hydrogens is 528 g/mol. The molecule has 1 fully saturated rings. The lowest BCUT2D eigenvalue weighted by Crippen LogP contribution is -2.54. The maximum Gasteiger partial charge on any atom is 0.325 e. The zero-order valence-corrected chi connectivity index (χ0v) is 22.3. The Morgan fingerprint density at radius 3 is 2.44 bits per heavy atom. The normalized spacial score (nSPS) is 15.1. The summed E-state index contributed by atoms with van der Waals surface area (Å²) in [6.07, 6.45) is 0. The maximum absolute atomic E-state index is 12.7. The summed E-state index contributed by atoms with van der Waals surface area (Å²) in [6.45, 7) is 1.82. The van der Waals surface area contributed by atoms with Crippen LogP contribution in [0.1, 0.15) is 18.1 Å². The quantitative estimate of drug-likeness (QED) is 0.0882. The van der Waals surface area contributed by atoms with Gasteiger partial charge in [-0.2, -0.15) is 4.72 Å². The minimum Gasteiger partial charge on any atom is -0.465 e. The van der Waals surface area contributed by atoms with Crippen LogP contribution in [0, 0.1) is 0 Å². The number of carbonyl (C=O) groups excluding carboxylic acids is 3. The van der Waals surface area contributed by atoms with Crippen LogP contribution in [0.4, 0.5) is 5.69 Å². The summed E-state index contributed by atoms with van der Waals surface area (Å²) in [5, 5.41) is 14.3. The fourth-order valence-corrected chi connectivity index (χ4v) is 5.24. The topological polar surface area (TPSA) is 184 Å². The van der Waals surface area contributed by atoms with Gasteiger partial charge < -0.3 is 30.8 Å². The summed E-state index contributed by atoms with van der Waals surface area (Å²) in [5.74, 6) is -2.01. The molecule has 1 atom stereocenters. The first-order valence-electron chi connectivity index (χ1n) is 12.2. The number of hydrogen-bond acceptors (Lipinski definition) is 9. The predicted molar refractivity (Wildman–Crippen MR) is 143 cm³/mol. The molecule has 5 N–H and O–H groups in total. The molecule has 0 spiro atoms. The number of carbonyl (C=O) groups is 3. The van der Waals surface area contributed by atoms with Gasteiger partial charge in [0.05, 0.1) is 25.4 Å². The molecule has 1 saturated heterocycles. The summed E-state index contributed by atoms with van der Waals surface area (Å²) in [6, 6.07) is 14.0. The Kier molecular flexibility index (Phi) is 10.2. The maximum atomic E-state index is 12.7. The van der Waals surface area contributed by atoms with E-state index in [0.29, 0.717) is 17.7 Å². The average Bonchev–Trinajstić information content (AvgIpc) is 2.92. The van der Waals surface area contributed by atoms with E-state index in [0.717, 1.165) is 5.69 Å².